The smallest absolute Gasteiger partial charge is 0.0195 e. The molecule has 1 unspecified atom stereocenters. The SMILES string of the molecule is CCCC1CN(CC(C)(C)CC)CCN1. The van der Waals surface area contributed by atoms with E-state index >= 15 is 0 Å². The highest BCUT2D eigenvalue weighted by molar-refractivity contribution is 4.81. The number of piperazine rings is 1. The standard InChI is InChI=1S/C13H28N2/c1-5-7-12-10-15(9-8-14-12)11-13(3,4)6-2/h12,14H,5-11H2,1-4H3. The average Bonchev–Trinajstić information content (AvgIpc) is 2.18. The van der Waals surface area contributed by atoms with Gasteiger partial charge in [-0.15, -0.1) is 0 Å². The highest BCUT2D eigenvalue weighted by atomic mass is 15.2. The monoisotopic (exact) mass is 212 g/mol. The van der Waals surface area contributed by atoms with E-state index in [1.54, 1.807) is 0 Å². The first-order chi connectivity index (χ1) is 7.07. The Hall–Kier alpha value is -0.0800. The molecule has 1 aliphatic heterocycles. The van der Waals surface area contributed by atoms with Gasteiger partial charge in [0.25, 0.3) is 0 Å². The summed E-state index contributed by atoms with van der Waals surface area (Å²) in [6.07, 6.45) is 3.89. The van der Waals surface area contributed by atoms with Gasteiger partial charge in [0.15, 0.2) is 0 Å². The summed E-state index contributed by atoms with van der Waals surface area (Å²) in [5.74, 6) is 0. The maximum atomic E-state index is 3.61. The van der Waals surface area contributed by atoms with Gasteiger partial charge in [-0.2, -0.15) is 0 Å². The zero-order valence-corrected chi connectivity index (χ0v) is 11.0. The van der Waals surface area contributed by atoms with Crippen LogP contribution in [-0.4, -0.2) is 37.1 Å². The highest BCUT2D eigenvalue weighted by Crippen LogP contribution is 2.22. The number of nitrogens with one attached hydrogen (secondary N) is 1. The van der Waals surface area contributed by atoms with E-state index in [9.17, 15) is 0 Å². The Labute approximate surface area is 95.4 Å². The predicted molar refractivity (Wildman–Crippen MR) is 67.2 cm³/mol. The molecule has 0 saturated carbocycles. The summed E-state index contributed by atoms with van der Waals surface area (Å²) < 4.78 is 0. The van der Waals surface area contributed by atoms with Gasteiger partial charge in [-0.25, -0.2) is 0 Å². The van der Waals surface area contributed by atoms with Crippen LogP contribution in [0.15, 0.2) is 0 Å². The number of hydrogen-bond acceptors (Lipinski definition) is 2. The van der Waals surface area contributed by atoms with Crippen LogP contribution in [0.1, 0.15) is 47.0 Å². The zero-order valence-electron chi connectivity index (χ0n) is 11.0. The molecule has 1 heterocycles. The van der Waals surface area contributed by atoms with Crippen LogP contribution >= 0.6 is 0 Å². The van der Waals surface area contributed by atoms with Crippen molar-refractivity contribution in [1.29, 1.82) is 0 Å². The highest BCUT2D eigenvalue weighted by Gasteiger charge is 2.24. The molecule has 0 spiro atoms. The van der Waals surface area contributed by atoms with Crippen LogP contribution in [0.5, 0.6) is 0 Å². The number of nitrogens with zero attached hydrogens (tertiary/aromatic N) is 1. The lowest BCUT2D eigenvalue weighted by atomic mass is 9.89. The second-order valence-electron chi connectivity index (χ2n) is 5.69. The maximum absolute atomic E-state index is 3.61. The fourth-order valence-electron chi connectivity index (χ4n) is 2.30. The van der Waals surface area contributed by atoms with Crippen molar-refractivity contribution in [1.82, 2.24) is 10.2 Å². The maximum Gasteiger partial charge on any atom is 0.0195 e. The molecular weight excluding hydrogens is 184 g/mol. The van der Waals surface area contributed by atoms with Gasteiger partial charge in [-0.05, 0) is 18.3 Å². The molecule has 0 radical (unpaired) electrons. The Morgan fingerprint density at radius 2 is 2.07 bits per heavy atom. The fraction of sp³-hybridized carbons (Fsp3) is 1.00. The number of hydrogen-bond donors (Lipinski definition) is 1. The number of rotatable bonds is 5. The second-order valence-corrected chi connectivity index (χ2v) is 5.69. The van der Waals surface area contributed by atoms with Crippen LogP contribution in [0.4, 0.5) is 0 Å². The lowest BCUT2D eigenvalue weighted by Gasteiger charge is -2.38. The van der Waals surface area contributed by atoms with Crippen molar-refractivity contribution in [3.8, 4) is 0 Å². The quantitative estimate of drug-likeness (QED) is 0.753. The second kappa shape index (κ2) is 5.86. The van der Waals surface area contributed by atoms with Gasteiger partial charge in [0.05, 0.1) is 0 Å². The molecule has 2 heteroatoms. The summed E-state index contributed by atoms with van der Waals surface area (Å²) in [7, 11) is 0. The molecule has 0 aliphatic carbocycles. The van der Waals surface area contributed by atoms with Crippen LogP contribution in [0.2, 0.25) is 0 Å². The van der Waals surface area contributed by atoms with E-state index in [2.05, 4.69) is 37.9 Å². The first-order valence-electron chi connectivity index (χ1n) is 6.53. The summed E-state index contributed by atoms with van der Waals surface area (Å²) in [5, 5.41) is 3.61. The molecule has 0 bridgehead atoms. The molecule has 0 aromatic rings. The van der Waals surface area contributed by atoms with Crippen LogP contribution in [0.25, 0.3) is 0 Å². The molecule has 1 rings (SSSR count). The Morgan fingerprint density at radius 3 is 2.67 bits per heavy atom. The van der Waals surface area contributed by atoms with E-state index in [0.29, 0.717) is 5.41 Å². The molecular formula is C13H28N2. The summed E-state index contributed by atoms with van der Waals surface area (Å²) in [4.78, 5) is 2.64. The van der Waals surface area contributed by atoms with Crippen molar-refractivity contribution in [2.24, 2.45) is 5.41 Å². The van der Waals surface area contributed by atoms with E-state index in [0.717, 1.165) is 6.04 Å². The molecule has 1 fully saturated rings. The van der Waals surface area contributed by atoms with Gasteiger partial charge < -0.3 is 5.32 Å². The van der Waals surface area contributed by atoms with Crippen LogP contribution in [-0.2, 0) is 0 Å². The molecule has 15 heavy (non-hydrogen) atoms. The summed E-state index contributed by atoms with van der Waals surface area (Å²) in [6.45, 7) is 14.2. The van der Waals surface area contributed by atoms with Gasteiger partial charge in [0.2, 0.25) is 0 Å². The van der Waals surface area contributed by atoms with Crippen molar-refractivity contribution in [3.63, 3.8) is 0 Å². The Bertz CT molecular complexity index is 175. The largest absolute Gasteiger partial charge is 0.311 e. The van der Waals surface area contributed by atoms with Crippen LogP contribution in [0, 0.1) is 5.41 Å². The predicted octanol–water partition coefficient (Wildman–Crippen LogP) is 2.50. The van der Waals surface area contributed by atoms with Crippen molar-refractivity contribution in [2.75, 3.05) is 26.2 Å². The van der Waals surface area contributed by atoms with Crippen LogP contribution < -0.4 is 5.32 Å². The zero-order chi connectivity index (χ0) is 11.3. The molecule has 1 atom stereocenters. The lowest BCUT2D eigenvalue weighted by Crippen LogP contribution is -2.52. The minimum atomic E-state index is 0.480. The van der Waals surface area contributed by atoms with E-state index in [4.69, 9.17) is 0 Å². The molecule has 1 N–H and O–H groups in total. The van der Waals surface area contributed by atoms with Crippen LogP contribution in [0.3, 0.4) is 0 Å². The third kappa shape index (κ3) is 4.52. The minimum absolute atomic E-state index is 0.480. The molecule has 0 amide bonds. The van der Waals surface area contributed by atoms with E-state index < -0.39 is 0 Å². The summed E-state index contributed by atoms with van der Waals surface area (Å²) >= 11 is 0. The molecule has 2 nitrogen and oxygen atoms in total. The van der Waals surface area contributed by atoms with Gasteiger partial charge in [0, 0.05) is 32.2 Å². The minimum Gasteiger partial charge on any atom is -0.311 e. The first kappa shape index (κ1) is 13.0. The van der Waals surface area contributed by atoms with Gasteiger partial charge in [-0.1, -0.05) is 34.1 Å². The molecule has 0 aromatic carbocycles. The van der Waals surface area contributed by atoms with E-state index in [-0.39, 0.29) is 0 Å². The Kier molecular flexibility index (Phi) is 5.07. The van der Waals surface area contributed by atoms with E-state index in [1.165, 1.54) is 45.4 Å². The topological polar surface area (TPSA) is 15.3 Å². The molecule has 1 saturated heterocycles. The van der Waals surface area contributed by atoms with Crippen molar-refractivity contribution in [2.45, 2.75) is 53.0 Å². The molecule has 0 aromatic heterocycles. The third-order valence-corrected chi connectivity index (χ3v) is 3.59. The third-order valence-electron chi connectivity index (χ3n) is 3.59. The van der Waals surface area contributed by atoms with Gasteiger partial charge in [-0.3, -0.25) is 4.90 Å². The van der Waals surface area contributed by atoms with Gasteiger partial charge >= 0.3 is 0 Å². The Morgan fingerprint density at radius 1 is 1.33 bits per heavy atom. The first-order valence-corrected chi connectivity index (χ1v) is 6.53. The average molecular weight is 212 g/mol. The van der Waals surface area contributed by atoms with Crippen molar-refractivity contribution < 1.29 is 0 Å². The van der Waals surface area contributed by atoms with Crippen molar-refractivity contribution in [3.05, 3.63) is 0 Å². The summed E-state index contributed by atoms with van der Waals surface area (Å²) in [6, 6.07) is 0.733. The molecule has 90 valence electrons. The fourth-order valence-corrected chi connectivity index (χ4v) is 2.30. The summed E-state index contributed by atoms with van der Waals surface area (Å²) in [5.41, 5.74) is 0.480. The normalized spacial score (nSPS) is 24.4. The lowest BCUT2D eigenvalue weighted by molar-refractivity contribution is 0.131. The van der Waals surface area contributed by atoms with E-state index in [1.807, 2.05) is 0 Å². The molecule has 1 aliphatic rings. The van der Waals surface area contributed by atoms with Gasteiger partial charge in [0.1, 0.15) is 0 Å². The van der Waals surface area contributed by atoms with Crippen molar-refractivity contribution >= 4 is 0 Å². The Balaban J connectivity index is 2.36.